The molecule has 0 amide bonds. The monoisotopic (exact) mass is 667 g/mol. The zero-order valence-electron chi connectivity index (χ0n) is 28.7. The summed E-state index contributed by atoms with van der Waals surface area (Å²) in [6.07, 6.45) is 9.90. The topological polar surface area (TPSA) is 65.2 Å². The predicted molar refractivity (Wildman–Crippen MR) is 188 cm³/mol. The molecule has 0 atom stereocenters. The molecule has 0 spiro atoms. The molecule has 2 aromatic carbocycles. The molecule has 1 fully saturated rings. The summed E-state index contributed by atoms with van der Waals surface area (Å²) in [5.41, 5.74) is 6.08. The summed E-state index contributed by atoms with van der Waals surface area (Å²) < 4.78 is 4.03. The SMILES string of the molecule is CC(C)(C)c1cc(C=NC2CCCCC2)c(O)c(C(C)(C)C)c1.CC(C)(C)c1cc(C=[N][Ti])c(O)c(C(C)(C)C)c1.Cl.Cl. The smallest absolute Gasteiger partial charge is 0.147 e. The maximum atomic E-state index is 10.8. The number of hydrogen-bond donors (Lipinski definition) is 2. The number of rotatable bonds is 3. The number of nitrogens with zero attached hydrogens (tertiary/aromatic N) is 2. The average Bonchev–Trinajstić information content (AvgIpc) is 2.83. The van der Waals surface area contributed by atoms with Gasteiger partial charge in [-0.15, -0.1) is 24.8 Å². The molecule has 1 saturated carbocycles. The Balaban J connectivity index is 0.000000806. The Kier molecular flexibility index (Phi) is 15.8. The summed E-state index contributed by atoms with van der Waals surface area (Å²) >= 11 is 1.72. The van der Waals surface area contributed by atoms with Crippen LogP contribution in [0, 0.1) is 0 Å². The van der Waals surface area contributed by atoms with Crippen molar-refractivity contribution in [1.82, 2.24) is 0 Å². The van der Waals surface area contributed by atoms with Gasteiger partial charge in [0.1, 0.15) is 5.75 Å². The third-order valence-corrected chi connectivity index (χ3v) is 8.03. The van der Waals surface area contributed by atoms with Gasteiger partial charge in [-0.25, -0.2) is 0 Å². The van der Waals surface area contributed by atoms with Crippen molar-refractivity contribution in [2.75, 3.05) is 0 Å². The molecule has 0 saturated heterocycles. The van der Waals surface area contributed by atoms with Crippen molar-refractivity contribution in [2.24, 2.45) is 8.47 Å². The first-order valence-electron chi connectivity index (χ1n) is 15.1. The Morgan fingerprint density at radius 3 is 1.30 bits per heavy atom. The molecule has 43 heavy (non-hydrogen) atoms. The first-order valence-corrected chi connectivity index (χ1v) is 15.8. The number of hydrogen-bond acceptors (Lipinski definition) is 4. The van der Waals surface area contributed by atoms with E-state index in [0.29, 0.717) is 17.5 Å². The Morgan fingerprint density at radius 1 is 0.605 bits per heavy atom. The van der Waals surface area contributed by atoms with Gasteiger partial charge < -0.3 is 5.11 Å². The standard InChI is InChI=1S/C21H33NO.C15H22NO.2ClH.Ti/c1-20(2,3)16-12-15(14-22-17-10-8-7-9-11-17)19(23)18(13-16)21(4,5)6;1-14(2,3)11-7-10(9-16)13(17)12(8-11)15(4,5)6;;;/h12-14,17,23H,7-11H2,1-6H3;7-9,17H,1-6H3;2*1H;/q;-1;;;+1. The first kappa shape index (κ1) is 41.7. The van der Waals surface area contributed by atoms with E-state index in [9.17, 15) is 10.2 Å². The van der Waals surface area contributed by atoms with E-state index in [1.165, 1.54) is 43.2 Å². The molecule has 0 aromatic heterocycles. The van der Waals surface area contributed by atoms with E-state index in [2.05, 4.69) is 105 Å². The average molecular weight is 669 g/mol. The van der Waals surface area contributed by atoms with Crippen LogP contribution in [0.25, 0.3) is 0 Å². The fraction of sp³-hybridized carbons (Fsp3) is 0.611. The Hall–Kier alpha value is -1.33. The number of phenols is 2. The van der Waals surface area contributed by atoms with E-state index in [0.717, 1.165) is 22.3 Å². The first-order chi connectivity index (χ1) is 18.7. The van der Waals surface area contributed by atoms with Crippen molar-refractivity contribution in [2.45, 2.75) is 143 Å². The molecule has 0 radical (unpaired) electrons. The number of aromatic hydroxyl groups is 2. The van der Waals surface area contributed by atoms with Crippen LogP contribution in [0.5, 0.6) is 11.5 Å². The van der Waals surface area contributed by atoms with Crippen LogP contribution in [-0.2, 0) is 42.4 Å². The molecule has 1 aliphatic carbocycles. The van der Waals surface area contributed by atoms with E-state index in [-0.39, 0.29) is 46.5 Å². The molecule has 2 aromatic rings. The molecule has 2 N–H and O–H groups in total. The Labute approximate surface area is 287 Å². The van der Waals surface area contributed by atoms with Gasteiger partial charge in [-0.05, 0) is 35.3 Å². The minimum absolute atomic E-state index is 0. The fourth-order valence-electron chi connectivity index (χ4n) is 5.01. The molecule has 0 heterocycles. The molecular weight excluding hydrogens is 611 g/mol. The van der Waals surface area contributed by atoms with E-state index in [1.807, 2.05) is 12.3 Å². The number of aliphatic imine (C=N–C) groups is 1. The van der Waals surface area contributed by atoms with Crippen molar-refractivity contribution in [1.29, 1.82) is 0 Å². The molecule has 4 nitrogen and oxygen atoms in total. The van der Waals surface area contributed by atoms with Gasteiger partial charge in [0.05, 0.1) is 0 Å². The van der Waals surface area contributed by atoms with E-state index in [1.54, 1.807) is 26.9 Å². The van der Waals surface area contributed by atoms with Crippen molar-refractivity contribution in [3.8, 4) is 11.5 Å². The van der Waals surface area contributed by atoms with Crippen LogP contribution in [0.1, 0.15) is 149 Å². The normalized spacial score (nSPS) is 15.0. The molecule has 0 aliphatic heterocycles. The van der Waals surface area contributed by atoms with Crippen LogP contribution in [-0.4, -0.2) is 28.7 Å². The third kappa shape index (κ3) is 12.2. The summed E-state index contributed by atoms with van der Waals surface area (Å²) in [7, 11) is 0. The van der Waals surface area contributed by atoms with Crippen molar-refractivity contribution >= 4 is 37.2 Å². The molecular formula is C36H57Cl2N2O2Ti. The number of benzene rings is 2. The molecule has 0 bridgehead atoms. The molecule has 0 unspecified atom stereocenters. The second-order valence-electron chi connectivity index (χ2n) is 15.8. The van der Waals surface area contributed by atoms with E-state index < -0.39 is 0 Å². The predicted octanol–water partition coefficient (Wildman–Crippen LogP) is 10.5. The summed E-state index contributed by atoms with van der Waals surface area (Å²) in [6.45, 7) is 26.0. The van der Waals surface area contributed by atoms with Gasteiger partial charge in [-0.2, -0.15) is 0 Å². The second-order valence-corrected chi connectivity index (χ2v) is 16.2. The minimum atomic E-state index is -0.0846. The Bertz CT molecular complexity index is 1240. The summed E-state index contributed by atoms with van der Waals surface area (Å²) in [5, 5.41) is 21.1. The van der Waals surface area contributed by atoms with Gasteiger partial charge >= 0.3 is 122 Å². The van der Waals surface area contributed by atoms with Crippen LogP contribution in [0.4, 0.5) is 0 Å². The van der Waals surface area contributed by atoms with Crippen molar-refractivity contribution < 1.29 is 30.9 Å². The van der Waals surface area contributed by atoms with Gasteiger partial charge in [-0.1, -0.05) is 66.9 Å². The zero-order valence-corrected chi connectivity index (χ0v) is 31.9. The molecule has 1 aliphatic rings. The molecule has 241 valence electrons. The quantitative estimate of drug-likeness (QED) is 0.253. The van der Waals surface area contributed by atoms with Crippen LogP contribution in [0.3, 0.4) is 0 Å². The van der Waals surface area contributed by atoms with E-state index >= 15 is 0 Å². The van der Waals surface area contributed by atoms with Crippen LogP contribution >= 0.6 is 24.8 Å². The van der Waals surface area contributed by atoms with Gasteiger partial charge in [0, 0.05) is 23.4 Å². The van der Waals surface area contributed by atoms with Crippen LogP contribution in [0.2, 0.25) is 0 Å². The van der Waals surface area contributed by atoms with Crippen LogP contribution < -0.4 is 0 Å². The van der Waals surface area contributed by atoms with Gasteiger partial charge in [0.25, 0.3) is 0 Å². The number of phenolic OH excluding ortho intramolecular Hbond substituents is 2. The maximum Gasteiger partial charge on any atom is -0.147 e. The molecule has 3 rings (SSSR count). The van der Waals surface area contributed by atoms with Crippen molar-refractivity contribution in [3.05, 3.63) is 57.6 Å². The summed E-state index contributed by atoms with van der Waals surface area (Å²) in [6, 6.07) is 8.84. The molecule has 7 heteroatoms. The number of halogens is 2. The van der Waals surface area contributed by atoms with Gasteiger partial charge in [0.15, 0.2) is 0 Å². The van der Waals surface area contributed by atoms with E-state index in [4.69, 9.17) is 4.99 Å². The zero-order chi connectivity index (χ0) is 31.4. The summed E-state index contributed by atoms with van der Waals surface area (Å²) in [4.78, 5) is 4.78. The van der Waals surface area contributed by atoms with Gasteiger partial charge in [-0.3, -0.25) is 4.99 Å². The summed E-state index contributed by atoms with van der Waals surface area (Å²) in [5.74, 6) is 0.742. The second kappa shape index (κ2) is 16.3. The van der Waals surface area contributed by atoms with Gasteiger partial charge in [0.2, 0.25) is 0 Å². The third-order valence-electron chi connectivity index (χ3n) is 7.83. The van der Waals surface area contributed by atoms with Crippen molar-refractivity contribution in [3.63, 3.8) is 0 Å². The largest absolute Gasteiger partial charge is 0.147 e. The maximum absolute atomic E-state index is 10.8. The Morgan fingerprint density at radius 2 is 0.977 bits per heavy atom. The van der Waals surface area contributed by atoms with Crippen LogP contribution in [0.15, 0.2) is 32.7 Å². The fourth-order valence-corrected chi connectivity index (χ4v) is 5.22. The minimum Gasteiger partial charge on any atom is -0.147 e.